The highest BCUT2D eigenvalue weighted by Gasteiger charge is 2.27. The minimum atomic E-state index is -0.00615. The molecule has 1 aliphatic heterocycles. The van der Waals surface area contributed by atoms with Gasteiger partial charge in [-0.25, -0.2) is 0 Å². The summed E-state index contributed by atoms with van der Waals surface area (Å²) in [4.78, 5) is 12.5. The number of para-hydroxylation sites is 1. The third-order valence-electron chi connectivity index (χ3n) is 3.61. The maximum Gasteiger partial charge on any atom is 0.227 e. The van der Waals surface area contributed by atoms with E-state index in [9.17, 15) is 4.79 Å². The van der Waals surface area contributed by atoms with Gasteiger partial charge in [0.05, 0.1) is 5.92 Å². The van der Waals surface area contributed by atoms with Gasteiger partial charge in [0.25, 0.3) is 0 Å². The van der Waals surface area contributed by atoms with E-state index in [0.717, 1.165) is 36.4 Å². The zero-order valence-corrected chi connectivity index (χ0v) is 12.4. The fourth-order valence-electron chi connectivity index (χ4n) is 2.51. The molecule has 4 heteroatoms. The highest BCUT2D eigenvalue weighted by atomic mass is 32.2. The number of nitrogens with one attached hydrogen (secondary N) is 2. The largest absolute Gasteiger partial charge is 0.385 e. The first-order chi connectivity index (χ1) is 9.26. The van der Waals surface area contributed by atoms with Gasteiger partial charge >= 0.3 is 0 Å². The van der Waals surface area contributed by atoms with Crippen molar-refractivity contribution in [1.82, 2.24) is 5.32 Å². The predicted molar refractivity (Wildman–Crippen MR) is 82.9 cm³/mol. The van der Waals surface area contributed by atoms with E-state index in [1.807, 2.05) is 18.2 Å². The van der Waals surface area contributed by atoms with Crippen LogP contribution in [0.15, 0.2) is 24.3 Å². The van der Waals surface area contributed by atoms with Crippen LogP contribution in [0.4, 0.5) is 5.69 Å². The Hall–Kier alpha value is -1.16. The standard InChI is InChI=1S/C15H22N2OS/c1-3-11(10-19-2)17-15(18)13-8-9-16-14-7-5-4-6-12(13)14/h4-7,11,13,16H,3,8-10H2,1-2H3,(H,17,18). The summed E-state index contributed by atoms with van der Waals surface area (Å²) >= 11 is 1.78. The van der Waals surface area contributed by atoms with Crippen molar-refractivity contribution in [2.24, 2.45) is 0 Å². The molecule has 0 aromatic heterocycles. The Morgan fingerprint density at radius 2 is 2.32 bits per heavy atom. The van der Waals surface area contributed by atoms with Crippen LogP contribution in [0.2, 0.25) is 0 Å². The summed E-state index contributed by atoms with van der Waals surface area (Å²) in [5.41, 5.74) is 2.23. The molecule has 0 saturated heterocycles. The molecule has 1 amide bonds. The topological polar surface area (TPSA) is 41.1 Å². The van der Waals surface area contributed by atoms with Gasteiger partial charge in [-0.3, -0.25) is 4.79 Å². The number of benzene rings is 1. The lowest BCUT2D eigenvalue weighted by atomic mass is 9.90. The molecule has 1 aromatic rings. The molecular formula is C15H22N2OS. The first kappa shape index (κ1) is 14.3. The summed E-state index contributed by atoms with van der Waals surface area (Å²) in [6.07, 6.45) is 3.94. The second-order valence-corrected chi connectivity index (χ2v) is 5.84. The van der Waals surface area contributed by atoms with E-state index in [1.165, 1.54) is 0 Å². The minimum Gasteiger partial charge on any atom is -0.385 e. The fraction of sp³-hybridized carbons (Fsp3) is 0.533. The lowest BCUT2D eigenvalue weighted by Crippen LogP contribution is -2.40. The normalized spacial score (nSPS) is 19.2. The zero-order valence-electron chi connectivity index (χ0n) is 11.6. The van der Waals surface area contributed by atoms with Crippen LogP contribution in [0.3, 0.4) is 0 Å². The molecule has 0 bridgehead atoms. The van der Waals surface area contributed by atoms with Gasteiger partial charge in [-0.15, -0.1) is 0 Å². The van der Waals surface area contributed by atoms with Crippen molar-refractivity contribution in [3.05, 3.63) is 29.8 Å². The smallest absolute Gasteiger partial charge is 0.227 e. The summed E-state index contributed by atoms with van der Waals surface area (Å²) in [5, 5.41) is 6.55. The van der Waals surface area contributed by atoms with Crippen LogP contribution < -0.4 is 10.6 Å². The lowest BCUT2D eigenvalue weighted by Gasteiger charge is -2.27. The van der Waals surface area contributed by atoms with Crippen molar-refractivity contribution in [2.45, 2.75) is 31.7 Å². The molecule has 2 unspecified atom stereocenters. The first-order valence-electron chi connectivity index (χ1n) is 6.88. The molecule has 2 N–H and O–H groups in total. The summed E-state index contributed by atoms with van der Waals surface area (Å²) in [6.45, 7) is 2.99. The highest BCUT2D eigenvalue weighted by molar-refractivity contribution is 7.98. The van der Waals surface area contributed by atoms with E-state index < -0.39 is 0 Å². The second kappa shape index (κ2) is 6.85. The molecule has 1 aliphatic rings. The average molecular weight is 278 g/mol. The van der Waals surface area contributed by atoms with E-state index in [-0.39, 0.29) is 17.9 Å². The SMILES string of the molecule is CCC(CSC)NC(=O)C1CCNc2ccccc21. The summed E-state index contributed by atoms with van der Waals surface area (Å²) < 4.78 is 0. The van der Waals surface area contributed by atoms with Gasteiger partial charge in [-0.1, -0.05) is 25.1 Å². The number of carbonyl (C=O) groups excluding carboxylic acids is 1. The van der Waals surface area contributed by atoms with E-state index >= 15 is 0 Å². The maximum absolute atomic E-state index is 12.5. The molecule has 0 spiro atoms. The van der Waals surface area contributed by atoms with Gasteiger partial charge in [-0.2, -0.15) is 11.8 Å². The maximum atomic E-state index is 12.5. The van der Waals surface area contributed by atoms with Crippen LogP contribution >= 0.6 is 11.8 Å². The van der Waals surface area contributed by atoms with Crippen molar-refractivity contribution in [3.63, 3.8) is 0 Å². The summed E-state index contributed by atoms with van der Waals surface area (Å²) in [7, 11) is 0. The van der Waals surface area contributed by atoms with Gasteiger partial charge in [0, 0.05) is 24.0 Å². The molecule has 19 heavy (non-hydrogen) atoms. The Labute approximate surface area is 119 Å². The number of hydrogen-bond donors (Lipinski definition) is 2. The molecule has 104 valence electrons. The Bertz CT molecular complexity index is 436. The molecule has 0 saturated carbocycles. The Morgan fingerprint density at radius 1 is 1.53 bits per heavy atom. The number of carbonyl (C=O) groups is 1. The summed E-state index contributed by atoms with van der Waals surface area (Å²) in [5.74, 6) is 1.15. The van der Waals surface area contributed by atoms with E-state index in [0.29, 0.717) is 0 Å². The molecule has 2 rings (SSSR count). The van der Waals surface area contributed by atoms with Crippen molar-refractivity contribution in [2.75, 3.05) is 23.9 Å². The van der Waals surface area contributed by atoms with Crippen molar-refractivity contribution in [3.8, 4) is 0 Å². The van der Waals surface area contributed by atoms with Gasteiger partial charge in [0.15, 0.2) is 0 Å². The van der Waals surface area contributed by atoms with Crippen LogP contribution in [0.1, 0.15) is 31.2 Å². The molecule has 1 heterocycles. The van der Waals surface area contributed by atoms with Crippen LogP contribution in [0.25, 0.3) is 0 Å². The molecular weight excluding hydrogens is 256 g/mol. The third-order valence-corrected chi connectivity index (χ3v) is 4.34. The number of anilines is 1. The molecule has 0 radical (unpaired) electrons. The molecule has 2 atom stereocenters. The van der Waals surface area contributed by atoms with Crippen LogP contribution in [0, 0.1) is 0 Å². The van der Waals surface area contributed by atoms with Crippen molar-refractivity contribution in [1.29, 1.82) is 0 Å². The molecule has 1 aromatic carbocycles. The van der Waals surface area contributed by atoms with Gasteiger partial charge in [0.1, 0.15) is 0 Å². The van der Waals surface area contributed by atoms with E-state index in [1.54, 1.807) is 11.8 Å². The minimum absolute atomic E-state index is 0.00615. The van der Waals surface area contributed by atoms with Crippen LogP contribution in [-0.2, 0) is 4.79 Å². The number of fused-ring (bicyclic) bond motifs is 1. The summed E-state index contributed by atoms with van der Waals surface area (Å²) in [6, 6.07) is 8.40. The quantitative estimate of drug-likeness (QED) is 0.870. The molecule has 0 aliphatic carbocycles. The van der Waals surface area contributed by atoms with Crippen molar-refractivity contribution >= 4 is 23.4 Å². The Balaban J connectivity index is 2.08. The Morgan fingerprint density at radius 3 is 3.05 bits per heavy atom. The van der Waals surface area contributed by atoms with Gasteiger partial charge in [0.2, 0.25) is 5.91 Å². The van der Waals surface area contributed by atoms with Crippen molar-refractivity contribution < 1.29 is 4.79 Å². The van der Waals surface area contributed by atoms with Crippen LogP contribution in [0.5, 0.6) is 0 Å². The zero-order chi connectivity index (χ0) is 13.7. The predicted octanol–water partition coefficient (Wildman–Crippen LogP) is 2.84. The van der Waals surface area contributed by atoms with Gasteiger partial charge < -0.3 is 10.6 Å². The number of rotatable bonds is 5. The number of amides is 1. The molecule has 3 nitrogen and oxygen atoms in total. The number of thioether (sulfide) groups is 1. The lowest BCUT2D eigenvalue weighted by molar-refractivity contribution is -0.123. The van der Waals surface area contributed by atoms with Crippen LogP contribution in [-0.4, -0.2) is 30.5 Å². The third kappa shape index (κ3) is 3.44. The Kier molecular flexibility index (Phi) is 5.14. The average Bonchev–Trinajstić information content (AvgIpc) is 2.46. The fourth-order valence-corrected chi connectivity index (χ4v) is 3.23. The van der Waals surface area contributed by atoms with E-state index in [2.05, 4.69) is 29.9 Å². The number of hydrogen-bond acceptors (Lipinski definition) is 3. The highest BCUT2D eigenvalue weighted by Crippen LogP contribution is 2.31. The van der Waals surface area contributed by atoms with Gasteiger partial charge in [-0.05, 0) is 30.7 Å². The monoisotopic (exact) mass is 278 g/mol. The van der Waals surface area contributed by atoms with E-state index in [4.69, 9.17) is 0 Å². The first-order valence-corrected chi connectivity index (χ1v) is 8.27. The second-order valence-electron chi connectivity index (χ2n) is 4.92. The molecule has 0 fully saturated rings.